The molecule has 2 heterocycles. The molecule has 3 aromatic rings. The van der Waals surface area contributed by atoms with Crippen molar-refractivity contribution in [1.29, 1.82) is 0 Å². The van der Waals surface area contributed by atoms with Gasteiger partial charge in [0, 0.05) is 26.3 Å². The highest BCUT2D eigenvalue weighted by Gasteiger charge is 2.34. The van der Waals surface area contributed by atoms with Crippen molar-refractivity contribution in [3.05, 3.63) is 52.7 Å². The normalized spacial score (nSPS) is 15.8. The second-order valence-corrected chi connectivity index (χ2v) is 11.6. The molecule has 1 aliphatic carbocycles. The molecule has 11 heteroatoms. The number of ether oxygens (including phenoxy) is 1. The van der Waals surface area contributed by atoms with E-state index in [0.717, 1.165) is 30.4 Å². The number of benzene rings is 1. The van der Waals surface area contributed by atoms with Crippen molar-refractivity contribution in [2.24, 2.45) is 5.41 Å². The molecule has 1 aromatic carbocycles. The Morgan fingerprint density at radius 2 is 1.98 bits per heavy atom. The molecule has 2 unspecified atom stereocenters. The van der Waals surface area contributed by atoms with Crippen molar-refractivity contribution in [2.75, 3.05) is 27.3 Å². The number of nitrogens with zero attached hydrogens (tertiary/aromatic N) is 2. The summed E-state index contributed by atoms with van der Waals surface area (Å²) >= 11 is -2.30. The summed E-state index contributed by atoms with van der Waals surface area (Å²) in [5.74, 6) is -0.575. The smallest absolute Gasteiger partial charge is 0.311 e. The molecule has 0 saturated heterocycles. The van der Waals surface area contributed by atoms with Gasteiger partial charge >= 0.3 is 5.97 Å². The number of aromatic nitrogens is 1. The number of furan rings is 1. The molecule has 2 aromatic heterocycles. The Morgan fingerprint density at radius 1 is 1.27 bits per heavy atom. The Hall–Kier alpha value is -3.12. The number of hydrogen-bond donors (Lipinski definition) is 3. The molecule has 1 aliphatic rings. The molecular weight excluding hydrogens is 534 g/mol. The Kier molecular flexibility index (Phi) is 9.40. The fourth-order valence-electron chi connectivity index (χ4n) is 4.98. The average Bonchev–Trinajstić information content (AvgIpc) is 3.72. The van der Waals surface area contributed by atoms with Crippen LogP contribution in [0.3, 0.4) is 0 Å². The molecule has 0 aliphatic heterocycles. The van der Waals surface area contributed by atoms with E-state index < -0.39 is 22.7 Å². The molecule has 2 atom stereocenters. The highest BCUT2D eigenvalue weighted by atomic mass is 32.2. The lowest BCUT2D eigenvalue weighted by molar-refractivity contribution is -0.151. The van der Waals surface area contributed by atoms with Crippen molar-refractivity contribution < 1.29 is 32.6 Å². The van der Waals surface area contributed by atoms with Crippen molar-refractivity contribution >= 4 is 34.2 Å². The number of methoxy groups -OCH3 is 1. The van der Waals surface area contributed by atoms with Gasteiger partial charge in [-0.05, 0) is 62.1 Å². The number of carboxylic acids is 1. The van der Waals surface area contributed by atoms with Crippen LogP contribution in [0.4, 0.5) is 0 Å². The van der Waals surface area contributed by atoms with E-state index in [2.05, 4.69) is 12.2 Å². The monoisotopic (exact) mass is 571 g/mol. The molecule has 0 bridgehead atoms. The fourth-order valence-corrected chi connectivity index (χ4v) is 5.50. The number of pyridine rings is 1. The summed E-state index contributed by atoms with van der Waals surface area (Å²) in [6, 6.07) is 9.79. The van der Waals surface area contributed by atoms with Crippen LogP contribution in [-0.2, 0) is 33.8 Å². The molecule has 216 valence electrons. The topological polar surface area (TPSA) is 142 Å². The number of aryl methyl sites for hydroxylation is 1. The summed E-state index contributed by atoms with van der Waals surface area (Å²) in [6.45, 7) is 3.99. The number of carboxylic acid groups (broad SMARTS) is 1. The first-order chi connectivity index (χ1) is 19.1. The van der Waals surface area contributed by atoms with Crippen LogP contribution in [0.2, 0.25) is 0 Å². The van der Waals surface area contributed by atoms with Crippen LogP contribution in [0.1, 0.15) is 72.6 Å². The van der Waals surface area contributed by atoms with Crippen molar-refractivity contribution in [2.45, 2.75) is 58.4 Å². The molecular formula is C29H37N3O7S. The van der Waals surface area contributed by atoms with E-state index in [1.165, 1.54) is 17.0 Å². The van der Waals surface area contributed by atoms with Gasteiger partial charge in [0.25, 0.3) is 5.91 Å². The second-order valence-electron chi connectivity index (χ2n) is 10.6. The van der Waals surface area contributed by atoms with E-state index >= 15 is 0 Å². The summed E-state index contributed by atoms with van der Waals surface area (Å²) in [7, 11) is 3.03. The number of carbonyl (C=O) groups is 2. The minimum absolute atomic E-state index is 0.0459. The predicted octanol–water partition coefficient (Wildman–Crippen LogP) is 4.75. The van der Waals surface area contributed by atoms with Gasteiger partial charge in [0.2, 0.25) is 17.0 Å². The van der Waals surface area contributed by atoms with Crippen LogP contribution in [0.5, 0.6) is 0 Å². The molecule has 1 amide bonds. The first-order valence-corrected chi connectivity index (χ1v) is 14.5. The first-order valence-electron chi connectivity index (χ1n) is 13.5. The molecule has 10 nitrogen and oxygen atoms in total. The van der Waals surface area contributed by atoms with Crippen LogP contribution in [0.25, 0.3) is 22.4 Å². The Bertz CT molecular complexity index is 1400. The number of aliphatic carboxylic acids is 1. The quantitative estimate of drug-likeness (QED) is 0.235. The van der Waals surface area contributed by atoms with Gasteiger partial charge in [0.05, 0.1) is 35.2 Å². The summed E-state index contributed by atoms with van der Waals surface area (Å²) in [6.07, 6.45) is 3.48. The van der Waals surface area contributed by atoms with E-state index in [1.807, 2.05) is 30.3 Å². The van der Waals surface area contributed by atoms with Crippen molar-refractivity contribution in [3.8, 4) is 11.3 Å². The summed E-state index contributed by atoms with van der Waals surface area (Å²) in [5.41, 5.74) is 3.08. The van der Waals surface area contributed by atoms with Gasteiger partial charge in [-0.25, -0.2) is 9.19 Å². The van der Waals surface area contributed by atoms with Gasteiger partial charge < -0.3 is 19.6 Å². The lowest BCUT2D eigenvalue weighted by Gasteiger charge is -2.25. The number of hydrogen-bond acceptors (Lipinski definition) is 6. The van der Waals surface area contributed by atoms with E-state index in [0.29, 0.717) is 28.8 Å². The number of nitrogens with one attached hydrogen (secondary N) is 1. The van der Waals surface area contributed by atoms with Crippen LogP contribution in [0.15, 0.2) is 34.7 Å². The highest BCUT2D eigenvalue weighted by Crippen LogP contribution is 2.44. The Balaban J connectivity index is 1.68. The van der Waals surface area contributed by atoms with E-state index in [4.69, 9.17) is 14.1 Å². The van der Waals surface area contributed by atoms with E-state index in [1.54, 1.807) is 14.0 Å². The summed E-state index contributed by atoms with van der Waals surface area (Å²) in [5, 5.41) is 12.9. The number of rotatable bonds is 14. The van der Waals surface area contributed by atoms with Crippen molar-refractivity contribution in [3.63, 3.8) is 0 Å². The van der Waals surface area contributed by atoms with Gasteiger partial charge in [-0.15, -0.1) is 0 Å². The van der Waals surface area contributed by atoms with E-state index in [9.17, 15) is 23.5 Å². The van der Waals surface area contributed by atoms with E-state index in [-0.39, 0.29) is 43.7 Å². The van der Waals surface area contributed by atoms with Gasteiger partial charge in [0.1, 0.15) is 5.76 Å². The van der Waals surface area contributed by atoms with Gasteiger partial charge in [-0.2, -0.15) is 4.31 Å². The van der Waals surface area contributed by atoms with Gasteiger partial charge in [-0.3, -0.25) is 14.1 Å². The predicted molar refractivity (Wildman–Crippen MR) is 152 cm³/mol. The van der Waals surface area contributed by atoms with Crippen molar-refractivity contribution in [1.82, 2.24) is 14.6 Å². The molecule has 0 spiro atoms. The van der Waals surface area contributed by atoms with Crippen LogP contribution < -0.4 is 5.32 Å². The van der Waals surface area contributed by atoms with Crippen LogP contribution >= 0.6 is 0 Å². The third-order valence-electron chi connectivity index (χ3n) is 7.55. The zero-order chi connectivity index (χ0) is 29.0. The molecule has 0 radical (unpaired) electrons. The third-order valence-corrected chi connectivity index (χ3v) is 8.31. The van der Waals surface area contributed by atoms with Gasteiger partial charge in [-0.1, -0.05) is 31.2 Å². The number of carbonyl (C=O) groups excluding carboxylic acids is 1. The zero-order valence-corrected chi connectivity index (χ0v) is 24.2. The molecule has 3 N–H and O–H groups in total. The molecule has 40 heavy (non-hydrogen) atoms. The molecule has 1 fully saturated rings. The SMILES string of the molecule is CCc1ccc(-c2oc3nc(CN(CCCC(C)(COC)C(=O)O)S(=O)O)c(C4CC4)cc3c2C(=O)NC)cc1. The lowest BCUT2D eigenvalue weighted by atomic mass is 9.86. The van der Waals surface area contributed by atoms with Crippen LogP contribution in [-0.4, -0.2) is 62.3 Å². The maximum Gasteiger partial charge on any atom is 0.311 e. The second kappa shape index (κ2) is 12.6. The lowest BCUT2D eigenvalue weighted by Crippen LogP contribution is -2.34. The standard InChI is InChI=1S/C29H37N3O7S/c1-5-18-7-9-20(10-8-18)25-24(26(33)30-3)22-15-21(19-11-12-19)23(31-27(22)39-25)16-32(40(36)37)14-6-13-29(2,17-38-4)28(34)35/h7-10,15,19H,5-6,11-14,16-17H2,1-4H3,(H,30,33)(H,34,35)(H,36,37). The minimum atomic E-state index is -2.30. The Morgan fingerprint density at radius 3 is 2.52 bits per heavy atom. The number of amides is 1. The van der Waals surface area contributed by atoms with Gasteiger partial charge in [0.15, 0.2) is 0 Å². The minimum Gasteiger partial charge on any atom is -0.481 e. The average molecular weight is 572 g/mol. The highest BCUT2D eigenvalue weighted by molar-refractivity contribution is 7.76. The molecule has 1 saturated carbocycles. The largest absolute Gasteiger partial charge is 0.481 e. The zero-order valence-electron chi connectivity index (χ0n) is 23.4. The maximum absolute atomic E-state index is 13.0. The van der Waals surface area contributed by atoms with Crippen LogP contribution in [0, 0.1) is 5.41 Å². The number of fused-ring (bicyclic) bond motifs is 1. The Labute approximate surface area is 236 Å². The third kappa shape index (κ3) is 6.43. The molecule has 4 rings (SSSR count). The summed E-state index contributed by atoms with van der Waals surface area (Å²) in [4.78, 5) is 29.5. The summed E-state index contributed by atoms with van der Waals surface area (Å²) < 4.78 is 35.0. The maximum atomic E-state index is 13.0. The first kappa shape index (κ1) is 29.9. The fraction of sp³-hybridized carbons (Fsp3) is 0.483.